The number of carbonyl (C=O) groups is 1. The van der Waals surface area contributed by atoms with Crippen molar-refractivity contribution in [1.82, 2.24) is 15.1 Å². The van der Waals surface area contributed by atoms with E-state index in [0.29, 0.717) is 6.54 Å². The average molecular weight is 286 g/mol. The summed E-state index contributed by atoms with van der Waals surface area (Å²) in [5, 5.41) is 10.3. The van der Waals surface area contributed by atoms with Gasteiger partial charge in [0.2, 0.25) is 0 Å². The van der Waals surface area contributed by atoms with Crippen molar-refractivity contribution in [3.05, 3.63) is 47.8 Å². The molecule has 1 aromatic heterocycles. The Morgan fingerprint density at radius 3 is 2.90 bits per heavy atom. The molecule has 0 spiro atoms. The molecule has 0 unspecified atom stereocenters. The minimum atomic E-state index is -0.0176. The number of anilines is 1. The van der Waals surface area contributed by atoms with Gasteiger partial charge in [-0.05, 0) is 50.1 Å². The number of aromatic nitrogens is 2. The van der Waals surface area contributed by atoms with Crippen LogP contribution in [0.3, 0.4) is 0 Å². The molecule has 0 aliphatic carbocycles. The van der Waals surface area contributed by atoms with E-state index in [-0.39, 0.29) is 5.91 Å². The molecule has 0 fully saturated rings. The highest BCUT2D eigenvalue weighted by Gasteiger charge is 2.08. The highest BCUT2D eigenvalue weighted by atomic mass is 16.1. The van der Waals surface area contributed by atoms with E-state index < -0.39 is 0 Å². The topological polar surface area (TPSA) is 59.0 Å². The largest absolute Gasteiger partial charge is 0.385 e. The van der Waals surface area contributed by atoms with E-state index in [4.69, 9.17) is 0 Å². The Balaban J connectivity index is 1.82. The van der Waals surface area contributed by atoms with Crippen LogP contribution in [0.2, 0.25) is 0 Å². The lowest BCUT2D eigenvalue weighted by molar-refractivity contribution is 0.0952. The van der Waals surface area contributed by atoms with Crippen LogP contribution in [-0.4, -0.2) is 28.8 Å². The number of benzene rings is 1. The molecule has 0 bridgehead atoms. The number of hydrogen-bond donors (Lipinski definition) is 2. The zero-order valence-corrected chi connectivity index (χ0v) is 12.6. The SMILES string of the molecule is CCNc1ccc(C(=O)NCCCn2cccn2)c(C)c1. The number of rotatable bonds is 7. The van der Waals surface area contributed by atoms with Crippen LogP contribution in [0.1, 0.15) is 29.3 Å². The van der Waals surface area contributed by atoms with E-state index in [9.17, 15) is 4.79 Å². The maximum atomic E-state index is 12.1. The van der Waals surface area contributed by atoms with E-state index in [1.807, 2.05) is 42.1 Å². The molecular formula is C16H22N4O. The lowest BCUT2D eigenvalue weighted by Crippen LogP contribution is -2.26. The van der Waals surface area contributed by atoms with Crippen molar-refractivity contribution in [2.24, 2.45) is 0 Å². The van der Waals surface area contributed by atoms with Gasteiger partial charge >= 0.3 is 0 Å². The monoisotopic (exact) mass is 286 g/mol. The first kappa shape index (κ1) is 15.1. The molecule has 1 heterocycles. The summed E-state index contributed by atoms with van der Waals surface area (Å²) < 4.78 is 1.86. The second kappa shape index (κ2) is 7.47. The van der Waals surface area contributed by atoms with Crippen molar-refractivity contribution in [3.8, 4) is 0 Å². The first-order valence-corrected chi connectivity index (χ1v) is 7.31. The Kier molecular flexibility index (Phi) is 5.37. The van der Waals surface area contributed by atoms with Gasteiger partial charge in [-0.15, -0.1) is 0 Å². The zero-order chi connectivity index (χ0) is 15.1. The van der Waals surface area contributed by atoms with Crippen LogP contribution in [0, 0.1) is 6.92 Å². The summed E-state index contributed by atoms with van der Waals surface area (Å²) in [7, 11) is 0. The Morgan fingerprint density at radius 2 is 2.24 bits per heavy atom. The third-order valence-corrected chi connectivity index (χ3v) is 3.26. The summed E-state index contributed by atoms with van der Waals surface area (Å²) >= 11 is 0. The molecule has 2 rings (SSSR count). The molecule has 1 aromatic carbocycles. The van der Waals surface area contributed by atoms with Gasteiger partial charge in [-0.2, -0.15) is 5.10 Å². The van der Waals surface area contributed by atoms with Gasteiger partial charge in [-0.25, -0.2) is 0 Å². The fraction of sp³-hybridized carbons (Fsp3) is 0.375. The molecule has 2 aromatic rings. The lowest BCUT2D eigenvalue weighted by Gasteiger charge is -2.10. The minimum Gasteiger partial charge on any atom is -0.385 e. The van der Waals surface area contributed by atoms with Crippen molar-refractivity contribution >= 4 is 11.6 Å². The van der Waals surface area contributed by atoms with Gasteiger partial charge in [0, 0.05) is 43.3 Å². The molecule has 2 N–H and O–H groups in total. The van der Waals surface area contributed by atoms with Crippen LogP contribution in [0.5, 0.6) is 0 Å². The van der Waals surface area contributed by atoms with Crippen LogP contribution < -0.4 is 10.6 Å². The highest BCUT2D eigenvalue weighted by Crippen LogP contribution is 2.15. The third-order valence-electron chi connectivity index (χ3n) is 3.26. The molecule has 0 saturated heterocycles. The first-order valence-electron chi connectivity index (χ1n) is 7.31. The molecular weight excluding hydrogens is 264 g/mol. The molecule has 0 radical (unpaired) electrons. The molecule has 0 atom stereocenters. The van der Waals surface area contributed by atoms with Crippen molar-refractivity contribution < 1.29 is 4.79 Å². The molecule has 5 heteroatoms. The van der Waals surface area contributed by atoms with Crippen molar-refractivity contribution in [1.29, 1.82) is 0 Å². The van der Waals surface area contributed by atoms with Gasteiger partial charge in [0.05, 0.1) is 0 Å². The van der Waals surface area contributed by atoms with E-state index in [1.54, 1.807) is 6.20 Å². The Bertz CT molecular complexity index is 578. The summed E-state index contributed by atoms with van der Waals surface area (Å²) in [5.74, 6) is -0.0176. The van der Waals surface area contributed by atoms with Crippen molar-refractivity contribution in [2.45, 2.75) is 26.8 Å². The maximum Gasteiger partial charge on any atom is 0.251 e. The van der Waals surface area contributed by atoms with Gasteiger partial charge in [0.25, 0.3) is 5.91 Å². The predicted molar refractivity (Wildman–Crippen MR) is 84.5 cm³/mol. The van der Waals surface area contributed by atoms with Crippen LogP contribution >= 0.6 is 0 Å². The van der Waals surface area contributed by atoms with E-state index in [1.165, 1.54) is 0 Å². The van der Waals surface area contributed by atoms with Crippen molar-refractivity contribution in [3.63, 3.8) is 0 Å². The second-order valence-corrected chi connectivity index (χ2v) is 4.94. The van der Waals surface area contributed by atoms with E-state index in [0.717, 1.165) is 36.3 Å². The number of nitrogens with one attached hydrogen (secondary N) is 2. The lowest BCUT2D eigenvalue weighted by atomic mass is 10.1. The third kappa shape index (κ3) is 4.34. The number of amides is 1. The van der Waals surface area contributed by atoms with E-state index >= 15 is 0 Å². The molecule has 1 amide bonds. The van der Waals surface area contributed by atoms with Gasteiger partial charge in [0.15, 0.2) is 0 Å². The Hall–Kier alpha value is -2.30. The Morgan fingerprint density at radius 1 is 1.38 bits per heavy atom. The van der Waals surface area contributed by atoms with Crippen LogP contribution in [0.15, 0.2) is 36.7 Å². The van der Waals surface area contributed by atoms with Gasteiger partial charge in [-0.3, -0.25) is 9.48 Å². The first-order chi connectivity index (χ1) is 10.2. The minimum absolute atomic E-state index is 0.0176. The smallest absolute Gasteiger partial charge is 0.251 e. The van der Waals surface area contributed by atoms with Gasteiger partial charge in [0.1, 0.15) is 0 Å². The van der Waals surface area contributed by atoms with Crippen LogP contribution in [-0.2, 0) is 6.54 Å². The predicted octanol–water partition coefficient (Wildman–Crippen LogP) is 2.44. The maximum absolute atomic E-state index is 12.1. The van der Waals surface area contributed by atoms with Crippen LogP contribution in [0.4, 0.5) is 5.69 Å². The quantitative estimate of drug-likeness (QED) is 0.769. The highest BCUT2D eigenvalue weighted by molar-refractivity contribution is 5.96. The number of aryl methyl sites for hydroxylation is 2. The summed E-state index contributed by atoms with van der Waals surface area (Å²) in [4.78, 5) is 12.1. The van der Waals surface area contributed by atoms with Crippen molar-refractivity contribution in [2.75, 3.05) is 18.4 Å². The summed E-state index contributed by atoms with van der Waals surface area (Å²) in [6.45, 7) is 6.34. The standard InChI is InChI=1S/C16H22N4O/c1-3-17-14-6-7-15(13(2)12-14)16(21)18-8-4-10-20-11-5-9-19-20/h5-7,9,11-12,17H,3-4,8,10H2,1-2H3,(H,18,21). The van der Waals surface area contributed by atoms with Crippen LogP contribution in [0.25, 0.3) is 0 Å². The number of hydrogen-bond acceptors (Lipinski definition) is 3. The van der Waals surface area contributed by atoms with Gasteiger partial charge in [-0.1, -0.05) is 0 Å². The molecule has 112 valence electrons. The zero-order valence-electron chi connectivity index (χ0n) is 12.6. The fourth-order valence-corrected chi connectivity index (χ4v) is 2.20. The molecule has 0 aliphatic heterocycles. The molecule has 0 saturated carbocycles. The molecule has 5 nitrogen and oxygen atoms in total. The number of carbonyl (C=O) groups excluding carboxylic acids is 1. The Labute approximate surface area is 125 Å². The fourth-order valence-electron chi connectivity index (χ4n) is 2.20. The average Bonchev–Trinajstić information content (AvgIpc) is 2.97. The van der Waals surface area contributed by atoms with Gasteiger partial charge < -0.3 is 10.6 Å². The second-order valence-electron chi connectivity index (χ2n) is 4.94. The number of nitrogens with zero attached hydrogens (tertiary/aromatic N) is 2. The molecule has 21 heavy (non-hydrogen) atoms. The summed E-state index contributed by atoms with van der Waals surface area (Å²) in [6.07, 6.45) is 4.54. The summed E-state index contributed by atoms with van der Waals surface area (Å²) in [6, 6.07) is 7.71. The molecule has 0 aliphatic rings. The summed E-state index contributed by atoms with van der Waals surface area (Å²) in [5.41, 5.74) is 2.76. The van der Waals surface area contributed by atoms with E-state index in [2.05, 4.69) is 22.7 Å². The normalized spacial score (nSPS) is 10.4.